The summed E-state index contributed by atoms with van der Waals surface area (Å²) in [7, 11) is 0. The van der Waals surface area contributed by atoms with Gasteiger partial charge in [0.1, 0.15) is 11.2 Å². The van der Waals surface area contributed by atoms with Crippen LogP contribution in [0.5, 0.6) is 0 Å². The third-order valence-corrected chi connectivity index (χ3v) is 6.57. The highest BCUT2D eigenvalue weighted by atomic mass is 19.1. The first-order chi connectivity index (χ1) is 21.2. The Labute approximate surface area is 251 Å². The van der Waals surface area contributed by atoms with Crippen molar-refractivity contribution in [1.29, 1.82) is 0 Å². The summed E-state index contributed by atoms with van der Waals surface area (Å²) in [5, 5.41) is 12.5. The molecular formula is C31H28FN7O5. The number of hydrogen-bond donors (Lipinski definition) is 4. The SMILES string of the molecule is CC1(C(=O)O)COC(c2nc(-c3ccc(F)cc3)c(-c3ccnc(Nc4cccnc4)n3)[nH]2)OC1.NC(=O)c1ccccc1. The lowest BCUT2D eigenvalue weighted by molar-refractivity contribution is -0.236. The van der Waals surface area contributed by atoms with E-state index in [1.807, 2.05) is 12.1 Å². The highest BCUT2D eigenvalue weighted by Gasteiger charge is 2.41. The lowest BCUT2D eigenvalue weighted by Gasteiger charge is -2.33. The van der Waals surface area contributed by atoms with Crippen molar-refractivity contribution in [3.63, 3.8) is 0 Å². The average molecular weight is 598 g/mol. The number of aromatic amines is 1. The highest BCUT2D eigenvalue weighted by Crippen LogP contribution is 2.35. The number of anilines is 2. The van der Waals surface area contributed by atoms with Crippen molar-refractivity contribution < 1.29 is 28.6 Å². The Morgan fingerprint density at radius 1 is 1.00 bits per heavy atom. The van der Waals surface area contributed by atoms with E-state index in [1.54, 1.807) is 74.0 Å². The van der Waals surface area contributed by atoms with Crippen LogP contribution in [0.2, 0.25) is 0 Å². The van der Waals surface area contributed by atoms with Crippen LogP contribution in [0.1, 0.15) is 29.4 Å². The molecule has 12 nitrogen and oxygen atoms in total. The van der Waals surface area contributed by atoms with Crippen LogP contribution in [0.25, 0.3) is 22.6 Å². The monoisotopic (exact) mass is 597 g/mol. The first-order valence-corrected chi connectivity index (χ1v) is 13.4. The van der Waals surface area contributed by atoms with E-state index in [-0.39, 0.29) is 24.9 Å². The predicted octanol–water partition coefficient (Wildman–Crippen LogP) is 4.73. The van der Waals surface area contributed by atoms with Crippen molar-refractivity contribution in [2.75, 3.05) is 18.5 Å². The quantitative estimate of drug-likeness (QED) is 0.205. The van der Waals surface area contributed by atoms with E-state index < -0.39 is 17.7 Å². The molecule has 0 atom stereocenters. The first kappa shape index (κ1) is 29.9. The van der Waals surface area contributed by atoms with Crippen molar-refractivity contribution in [1.82, 2.24) is 24.9 Å². The third kappa shape index (κ3) is 7.09. The van der Waals surface area contributed by atoms with Gasteiger partial charge in [0.2, 0.25) is 18.1 Å². The zero-order chi connectivity index (χ0) is 31.1. The van der Waals surface area contributed by atoms with E-state index in [4.69, 9.17) is 15.2 Å². The number of benzene rings is 2. The Bertz CT molecular complexity index is 1730. The normalized spacial score (nSPS) is 17.6. The molecule has 1 saturated heterocycles. The molecule has 0 spiro atoms. The van der Waals surface area contributed by atoms with E-state index in [0.29, 0.717) is 40.0 Å². The minimum absolute atomic E-state index is 0.0401. The number of nitrogens with one attached hydrogen (secondary N) is 2. The molecule has 4 heterocycles. The minimum Gasteiger partial charge on any atom is -0.481 e. The second-order valence-corrected chi connectivity index (χ2v) is 10.0. The number of aliphatic carboxylic acids is 1. The molecule has 224 valence electrons. The van der Waals surface area contributed by atoms with Crippen LogP contribution >= 0.6 is 0 Å². The zero-order valence-corrected chi connectivity index (χ0v) is 23.5. The summed E-state index contributed by atoms with van der Waals surface area (Å²) in [6.45, 7) is 1.48. The van der Waals surface area contributed by atoms with E-state index in [0.717, 1.165) is 5.69 Å². The van der Waals surface area contributed by atoms with Crippen molar-refractivity contribution in [2.24, 2.45) is 11.1 Å². The summed E-state index contributed by atoms with van der Waals surface area (Å²) in [6, 6.07) is 20.0. The van der Waals surface area contributed by atoms with E-state index in [1.165, 1.54) is 12.1 Å². The molecule has 6 rings (SSSR count). The number of imidazole rings is 1. The van der Waals surface area contributed by atoms with E-state index >= 15 is 0 Å². The molecule has 5 N–H and O–H groups in total. The molecule has 0 aliphatic carbocycles. The molecule has 0 unspecified atom stereocenters. The van der Waals surface area contributed by atoms with Gasteiger partial charge in [0.15, 0.2) is 5.82 Å². The van der Waals surface area contributed by atoms with Gasteiger partial charge < -0.3 is 30.6 Å². The molecule has 1 fully saturated rings. The standard InChI is InChI=1S/C24H21FN6O4.C7H7NO/c1-24(22(32)33)12-34-21(35-13-24)20-30-18(14-4-6-15(25)7-5-14)19(31-20)17-8-10-27-23(29-17)28-16-3-2-9-26-11-16;8-7(9)6-4-2-1-3-5-6/h2-11,21H,12-13H2,1H3,(H,30,31)(H,32,33)(H,27,28,29);1-5H,(H2,8,9). The number of nitrogens with zero attached hydrogens (tertiary/aromatic N) is 4. The Balaban J connectivity index is 0.000000367. The number of pyridine rings is 1. The summed E-state index contributed by atoms with van der Waals surface area (Å²) < 4.78 is 25.0. The number of H-pyrrole nitrogens is 1. The number of aromatic nitrogens is 5. The van der Waals surface area contributed by atoms with Gasteiger partial charge in [0.05, 0.1) is 42.2 Å². The van der Waals surface area contributed by atoms with Crippen molar-refractivity contribution >= 4 is 23.5 Å². The zero-order valence-electron chi connectivity index (χ0n) is 23.5. The molecule has 1 aliphatic heterocycles. The van der Waals surface area contributed by atoms with Gasteiger partial charge in [-0.25, -0.2) is 19.3 Å². The van der Waals surface area contributed by atoms with Gasteiger partial charge in [-0.15, -0.1) is 0 Å². The lowest BCUT2D eigenvalue weighted by atomic mass is 9.92. The number of primary amides is 1. The summed E-state index contributed by atoms with van der Waals surface area (Å²) in [6.07, 6.45) is 4.02. The van der Waals surface area contributed by atoms with Gasteiger partial charge in [-0.3, -0.25) is 14.6 Å². The second-order valence-electron chi connectivity index (χ2n) is 10.0. The van der Waals surface area contributed by atoms with E-state index in [9.17, 15) is 19.1 Å². The summed E-state index contributed by atoms with van der Waals surface area (Å²) in [5.74, 6) is -1.07. The summed E-state index contributed by atoms with van der Waals surface area (Å²) in [4.78, 5) is 42.7. The number of halogens is 1. The number of carbonyl (C=O) groups is 2. The first-order valence-electron chi connectivity index (χ1n) is 13.4. The Morgan fingerprint density at radius 3 is 2.34 bits per heavy atom. The summed E-state index contributed by atoms with van der Waals surface area (Å²) in [5.41, 5.74) is 7.32. The maximum atomic E-state index is 13.6. The maximum absolute atomic E-state index is 13.6. The fraction of sp³-hybridized carbons (Fsp3) is 0.161. The number of rotatable bonds is 7. The van der Waals surface area contributed by atoms with Crippen molar-refractivity contribution in [3.8, 4) is 22.6 Å². The van der Waals surface area contributed by atoms with Crippen LogP contribution in [0.15, 0.2) is 91.4 Å². The lowest BCUT2D eigenvalue weighted by Crippen LogP contribution is -2.42. The van der Waals surface area contributed by atoms with Gasteiger partial charge in [0, 0.05) is 23.5 Å². The second kappa shape index (κ2) is 13.2. The van der Waals surface area contributed by atoms with Gasteiger partial charge in [0.25, 0.3) is 0 Å². The molecule has 1 amide bonds. The van der Waals surface area contributed by atoms with Crippen LogP contribution in [0.3, 0.4) is 0 Å². The molecule has 1 aliphatic rings. The minimum atomic E-state index is -1.15. The molecule has 44 heavy (non-hydrogen) atoms. The van der Waals surface area contributed by atoms with Gasteiger partial charge in [-0.2, -0.15) is 0 Å². The largest absolute Gasteiger partial charge is 0.481 e. The molecule has 5 aromatic rings. The molecule has 0 bridgehead atoms. The number of amides is 1. The van der Waals surface area contributed by atoms with Crippen LogP contribution in [-0.2, 0) is 14.3 Å². The number of hydrogen-bond acceptors (Lipinski definition) is 9. The Morgan fingerprint density at radius 2 is 1.73 bits per heavy atom. The molecule has 0 radical (unpaired) electrons. The van der Waals surface area contributed by atoms with Crippen molar-refractivity contribution in [2.45, 2.75) is 13.2 Å². The third-order valence-electron chi connectivity index (χ3n) is 6.57. The summed E-state index contributed by atoms with van der Waals surface area (Å²) >= 11 is 0. The van der Waals surface area contributed by atoms with E-state index in [2.05, 4.69) is 30.2 Å². The van der Waals surface area contributed by atoms with Crippen LogP contribution in [0.4, 0.5) is 16.0 Å². The number of carboxylic acid groups (broad SMARTS) is 1. The van der Waals surface area contributed by atoms with Gasteiger partial charge >= 0.3 is 5.97 Å². The van der Waals surface area contributed by atoms with Crippen LogP contribution in [0, 0.1) is 11.2 Å². The van der Waals surface area contributed by atoms with Crippen LogP contribution in [-0.4, -0.2) is 55.1 Å². The number of carbonyl (C=O) groups excluding carboxylic acids is 1. The van der Waals surface area contributed by atoms with Gasteiger partial charge in [-0.05, 0) is 61.5 Å². The van der Waals surface area contributed by atoms with Crippen molar-refractivity contribution in [3.05, 3.63) is 109 Å². The molecule has 0 saturated carbocycles. The molecule has 13 heteroatoms. The molecule has 3 aromatic heterocycles. The molecule has 2 aromatic carbocycles. The van der Waals surface area contributed by atoms with Crippen LogP contribution < -0.4 is 11.1 Å². The number of carboxylic acids is 1. The maximum Gasteiger partial charge on any atom is 0.314 e. The number of ether oxygens (including phenoxy) is 2. The number of nitrogens with two attached hydrogens (primary N) is 1. The van der Waals surface area contributed by atoms with Gasteiger partial charge in [-0.1, -0.05) is 18.2 Å². The Hall–Kier alpha value is -5.53. The fourth-order valence-electron chi connectivity index (χ4n) is 4.12. The topological polar surface area (TPSA) is 178 Å². The Kier molecular flexibility index (Phi) is 8.98. The fourth-order valence-corrected chi connectivity index (χ4v) is 4.12. The average Bonchev–Trinajstić information content (AvgIpc) is 3.49. The predicted molar refractivity (Wildman–Crippen MR) is 158 cm³/mol. The smallest absolute Gasteiger partial charge is 0.314 e. The molecular weight excluding hydrogens is 569 g/mol. The highest BCUT2D eigenvalue weighted by molar-refractivity contribution is 5.92.